The smallest absolute Gasteiger partial charge is 0.0358 e. The number of hydrogen-bond acceptors (Lipinski definition) is 1. The summed E-state index contributed by atoms with van der Waals surface area (Å²) in [4.78, 5) is 0. The summed E-state index contributed by atoms with van der Waals surface area (Å²) in [5.74, 6) is 0. The van der Waals surface area contributed by atoms with Gasteiger partial charge in [-0.3, -0.25) is 0 Å². The van der Waals surface area contributed by atoms with E-state index in [4.69, 9.17) is 0 Å². The summed E-state index contributed by atoms with van der Waals surface area (Å²) in [6, 6.07) is 17.9. The van der Waals surface area contributed by atoms with Crippen LogP contribution in [0.15, 0.2) is 48.5 Å². The lowest BCUT2D eigenvalue weighted by atomic mass is 9.98. The first-order valence-electron chi connectivity index (χ1n) is 6.17. The summed E-state index contributed by atoms with van der Waals surface area (Å²) in [7, 11) is 2.03. The molecular weight excluding hydrogens is 333 g/mol. The van der Waals surface area contributed by atoms with E-state index in [2.05, 4.69) is 83.4 Å². The van der Waals surface area contributed by atoms with E-state index in [1.165, 1.54) is 20.3 Å². The predicted molar refractivity (Wildman–Crippen MR) is 85.8 cm³/mol. The van der Waals surface area contributed by atoms with Gasteiger partial charge in [0.15, 0.2) is 0 Å². The monoisotopic (exact) mass is 351 g/mol. The van der Waals surface area contributed by atoms with Gasteiger partial charge in [0.25, 0.3) is 0 Å². The van der Waals surface area contributed by atoms with Crippen LogP contribution in [0.3, 0.4) is 0 Å². The minimum absolute atomic E-state index is 0.379. The Morgan fingerprint density at radius 1 is 1.11 bits per heavy atom. The largest absolute Gasteiger partial charge is 0.313 e. The Morgan fingerprint density at radius 3 is 2.44 bits per heavy atom. The maximum Gasteiger partial charge on any atom is 0.0358 e. The lowest BCUT2D eigenvalue weighted by Gasteiger charge is -2.17. The van der Waals surface area contributed by atoms with Gasteiger partial charge in [0.1, 0.15) is 0 Å². The summed E-state index contributed by atoms with van der Waals surface area (Å²) >= 11 is 2.34. The number of aryl methyl sites for hydroxylation is 1. The van der Waals surface area contributed by atoms with Crippen molar-refractivity contribution in [1.82, 2.24) is 5.32 Å². The number of rotatable bonds is 4. The molecule has 1 N–H and O–H groups in total. The third kappa shape index (κ3) is 3.56. The third-order valence-electron chi connectivity index (χ3n) is 3.14. The molecule has 2 aromatic carbocycles. The molecule has 0 saturated carbocycles. The SMILES string of the molecule is CNC(Cc1cccc(C)c1)c1ccc(I)cc1. The normalized spacial score (nSPS) is 12.4. The number of halogens is 1. The average molecular weight is 351 g/mol. The van der Waals surface area contributed by atoms with E-state index in [9.17, 15) is 0 Å². The second-order valence-electron chi connectivity index (χ2n) is 4.59. The van der Waals surface area contributed by atoms with Crippen molar-refractivity contribution in [1.29, 1.82) is 0 Å². The van der Waals surface area contributed by atoms with Gasteiger partial charge in [0.2, 0.25) is 0 Å². The Labute approximate surface area is 123 Å². The molecule has 94 valence electrons. The lowest BCUT2D eigenvalue weighted by Crippen LogP contribution is -2.18. The molecule has 18 heavy (non-hydrogen) atoms. The summed E-state index contributed by atoms with van der Waals surface area (Å²) in [6.07, 6.45) is 1.03. The van der Waals surface area contributed by atoms with Crippen molar-refractivity contribution >= 4 is 22.6 Å². The summed E-state index contributed by atoms with van der Waals surface area (Å²) in [5.41, 5.74) is 4.05. The second kappa shape index (κ2) is 6.34. The molecule has 0 spiro atoms. The van der Waals surface area contributed by atoms with Crippen LogP contribution in [-0.4, -0.2) is 7.05 Å². The zero-order chi connectivity index (χ0) is 13.0. The van der Waals surface area contributed by atoms with Crippen LogP contribution in [-0.2, 0) is 6.42 Å². The Bertz CT molecular complexity index is 505. The number of likely N-dealkylation sites (N-methyl/N-ethyl adjacent to an activating group) is 1. The highest BCUT2D eigenvalue weighted by Gasteiger charge is 2.09. The Balaban J connectivity index is 2.17. The average Bonchev–Trinajstić information content (AvgIpc) is 2.37. The van der Waals surface area contributed by atoms with Gasteiger partial charge >= 0.3 is 0 Å². The summed E-state index contributed by atoms with van der Waals surface area (Å²) in [6.45, 7) is 2.14. The van der Waals surface area contributed by atoms with E-state index >= 15 is 0 Å². The lowest BCUT2D eigenvalue weighted by molar-refractivity contribution is 0.592. The zero-order valence-corrected chi connectivity index (χ0v) is 12.9. The molecule has 0 bridgehead atoms. The Hall–Kier alpha value is -0.870. The molecular formula is C16H18IN. The first-order chi connectivity index (χ1) is 8.69. The van der Waals surface area contributed by atoms with Gasteiger partial charge in [-0.25, -0.2) is 0 Å². The molecule has 0 fully saturated rings. The molecule has 1 unspecified atom stereocenters. The molecule has 0 aliphatic rings. The van der Waals surface area contributed by atoms with Gasteiger partial charge in [-0.2, -0.15) is 0 Å². The summed E-state index contributed by atoms with van der Waals surface area (Å²) in [5, 5.41) is 3.40. The van der Waals surface area contributed by atoms with Crippen molar-refractivity contribution in [2.75, 3.05) is 7.05 Å². The van der Waals surface area contributed by atoms with Gasteiger partial charge in [-0.05, 0) is 66.2 Å². The quantitative estimate of drug-likeness (QED) is 0.818. The number of benzene rings is 2. The molecule has 0 aliphatic heterocycles. The van der Waals surface area contributed by atoms with E-state index in [-0.39, 0.29) is 0 Å². The standard InChI is InChI=1S/C16H18IN/c1-12-4-3-5-13(10-12)11-16(18-2)14-6-8-15(17)9-7-14/h3-10,16,18H,11H2,1-2H3. The van der Waals surface area contributed by atoms with E-state index in [0.29, 0.717) is 6.04 Å². The van der Waals surface area contributed by atoms with E-state index in [0.717, 1.165) is 6.42 Å². The van der Waals surface area contributed by atoms with E-state index < -0.39 is 0 Å². The van der Waals surface area contributed by atoms with Crippen molar-refractivity contribution in [2.24, 2.45) is 0 Å². The minimum atomic E-state index is 0.379. The Morgan fingerprint density at radius 2 is 1.83 bits per heavy atom. The van der Waals surface area contributed by atoms with Crippen LogP contribution in [0.1, 0.15) is 22.7 Å². The summed E-state index contributed by atoms with van der Waals surface area (Å²) < 4.78 is 1.28. The molecule has 0 amide bonds. The van der Waals surface area contributed by atoms with Crippen molar-refractivity contribution in [3.63, 3.8) is 0 Å². The highest BCUT2D eigenvalue weighted by atomic mass is 127. The third-order valence-corrected chi connectivity index (χ3v) is 3.86. The van der Waals surface area contributed by atoms with Crippen LogP contribution in [0.2, 0.25) is 0 Å². The molecule has 1 atom stereocenters. The first kappa shape index (κ1) is 13.6. The van der Waals surface area contributed by atoms with Crippen molar-refractivity contribution in [3.05, 3.63) is 68.8 Å². The Kier molecular flexibility index (Phi) is 4.78. The molecule has 0 saturated heterocycles. The van der Waals surface area contributed by atoms with Crippen LogP contribution in [0, 0.1) is 10.5 Å². The second-order valence-corrected chi connectivity index (χ2v) is 5.83. The van der Waals surface area contributed by atoms with E-state index in [1.54, 1.807) is 0 Å². The van der Waals surface area contributed by atoms with Gasteiger partial charge in [-0.1, -0.05) is 42.0 Å². The fourth-order valence-electron chi connectivity index (χ4n) is 2.16. The van der Waals surface area contributed by atoms with Crippen molar-refractivity contribution < 1.29 is 0 Å². The molecule has 0 heterocycles. The predicted octanol–water partition coefficient (Wildman–Crippen LogP) is 4.10. The molecule has 0 aromatic heterocycles. The van der Waals surface area contributed by atoms with Gasteiger partial charge < -0.3 is 5.32 Å². The first-order valence-corrected chi connectivity index (χ1v) is 7.25. The number of nitrogens with one attached hydrogen (secondary N) is 1. The topological polar surface area (TPSA) is 12.0 Å². The molecule has 0 aliphatic carbocycles. The van der Waals surface area contributed by atoms with Crippen LogP contribution >= 0.6 is 22.6 Å². The fraction of sp³-hybridized carbons (Fsp3) is 0.250. The van der Waals surface area contributed by atoms with Gasteiger partial charge in [0, 0.05) is 9.61 Å². The van der Waals surface area contributed by atoms with Gasteiger partial charge in [-0.15, -0.1) is 0 Å². The fourth-order valence-corrected chi connectivity index (χ4v) is 2.52. The van der Waals surface area contributed by atoms with Crippen molar-refractivity contribution in [3.8, 4) is 0 Å². The molecule has 2 heteroatoms. The number of hydrogen-bond donors (Lipinski definition) is 1. The van der Waals surface area contributed by atoms with Crippen LogP contribution in [0.5, 0.6) is 0 Å². The molecule has 0 radical (unpaired) electrons. The molecule has 1 nitrogen and oxygen atoms in total. The van der Waals surface area contributed by atoms with Crippen molar-refractivity contribution in [2.45, 2.75) is 19.4 Å². The van der Waals surface area contributed by atoms with E-state index in [1.807, 2.05) is 7.05 Å². The molecule has 2 rings (SSSR count). The highest BCUT2D eigenvalue weighted by Crippen LogP contribution is 2.19. The maximum atomic E-state index is 3.40. The van der Waals surface area contributed by atoms with Crippen LogP contribution in [0.4, 0.5) is 0 Å². The minimum Gasteiger partial charge on any atom is -0.313 e. The van der Waals surface area contributed by atoms with Crippen LogP contribution < -0.4 is 5.32 Å². The zero-order valence-electron chi connectivity index (χ0n) is 10.8. The maximum absolute atomic E-state index is 3.40. The molecule has 2 aromatic rings. The van der Waals surface area contributed by atoms with Gasteiger partial charge in [0.05, 0.1) is 0 Å². The highest BCUT2D eigenvalue weighted by molar-refractivity contribution is 14.1. The van der Waals surface area contributed by atoms with Crippen LogP contribution in [0.25, 0.3) is 0 Å².